The molecule has 0 saturated carbocycles. The fraction of sp³-hybridized carbons (Fsp3) is 0.250. The van der Waals surface area contributed by atoms with Crippen molar-refractivity contribution in [2.75, 3.05) is 13.1 Å². The molecule has 0 bridgehead atoms. The molecular formula is C16H16ClNO2. The maximum absolute atomic E-state index is 9.86. The summed E-state index contributed by atoms with van der Waals surface area (Å²) in [7, 11) is 0. The van der Waals surface area contributed by atoms with Crippen LogP contribution in [0, 0.1) is 0 Å². The van der Waals surface area contributed by atoms with E-state index >= 15 is 0 Å². The van der Waals surface area contributed by atoms with E-state index in [9.17, 15) is 10.2 Å². The van der Waals surface area contributed by atoms with Gasteiger partial charge in [0.05, 0.1) is 5.02 Å². The minimum absolute atomic E-state index is 0.123. The van der Waals surface area contributed by atoms with E-state index < -0.39 is 0 Å². The van der Waals surface area contributed by atoms with Crippen LogP contribution < -0.4 is 5.32 Å². The van der Waals surface area contributed by atoms with Gasteiger partial charge in [0.1, 0.15) is 0 Å². The van der Waals surface area contributed by atoms with Crippen molar-refractivity contribution in [3.8, 4) is 11.5 Å². The van der Waals surface area contributed by atoms with E-state index in [2.05, 4.69) is 17.4 Å². The van der Waals surface area contributed by atoms with Gasteiger partial charge in [-0.1, -0.05) is 41.9 Å². The maximum atomic E-state index is 9.86. The summed E-state index contributed by atoms with van der Waals surface area (Å²) < 4.78 is 0. The molecule has 1 aliphatic rings. The van der Waals surface area contributed by atoms with Crippen LogP contribution in [0.3, 0.4) is 0 Å². The van der Waals surface area contributed by atoms with E-state index in [1.54, 1.807) is 6.07 Å². The molecule has 1 atom stereocenters. The lowest BCUT2D eigenvalue weighted by Crippen LogP contribution is -2.20. The van der Waals surface area contributed by atoms with Crippen LogP contribution in [0.4, 0.5) is 0 Å². The number of aromatic hydroxyl groups is 2. The van der Waals surface area contributed by atoms with Crippen molar-refractivity contribution >= 4 is 11.6 Å². The average Bonchev–Trinajstić information content (AvgIpc) is 2.68. The molecule has 3 N–H and O–H groups in total. The van der Waals surface area contributed by atoms with Crippen LogP contribution in [-0.2, 0) is 6.42 Å². The van der Waals surface area contributed by atoms with Crippen molar-refractivity contribution in [1.82, 2.24) is 5.32 Å². The summed E-state index contributed by atoms with van der Waals surface area (Å²) in [6, 6.07) is 11.8. The Balaban J connectivity index is 2.17. The first-order valence-electron chi connectivity index (χ1n) is 6.67. The molecule has 20 heavy (non-hydrogen) atoms. The fourth-order valence-corrected chi connectivity index (χ4v) is 3.10. The molecule has 4 heteroatoms. The number of rotatable bonds is 1. The van der Waals surface area contributed by atoms with Crippen LogP contribution in [-0.4, -0.2) is 23.3 Å². The normalized spacial score (nSPS) is 18.4. The average molecular weight is 290 g/mol. The Bertz CT molecular complexity index is 628. The predicted octanol–water partition coefficient (Wildman–Crippen LogP) is 3.03. The third-order valence-electron chi connectivity index (χ3n) is 3.83. The third kappa shape index (κ3) is 2.23. The zero-order valence-corrected chi connectivity index (χ0v) is 11.7. The summed E-state index contributed by atoms with van der Waals surface area (Å²) in [5, 5.41) is 23.3. The van der Waals surface area contributed by atoms with Crippen LogP contribution in [0.25, 0.3) is 0 Å². The zero-order valence-electron chi connectivity index (χ0n) is 10.9. The van der Waals surface area contributed by atoms with Crippen LogP contribution >= 0.6 is 11.6 Å². The number of phenols is 2. The van der Waals surface area contributed by atoms with Gasteiger partial charge in [0.25, 0.3) is 0 Å². The topological polar surface area (TPSA) is 52.5 Å². The zero-order chi connectivity index (χ0) is 14.1. The molecule has 2 aromatic carbocycles. The highest BCUT2D eigenvalue weighted by Crippen LogP contribution is 2.42. The molecule has 0 radical (unpaired) electrons. The number of nitrogens with one attached hydrogen (secondary N) is 1. The van der Waals surface area contributed by atoms with Crippen LogP contribution in [0.15, 0.2) is 36.4 Å². The summed E-state index contributed by atoms with van der Waals surface area (Å²) in [5.74, 6) is -0.256. The molecule has 3 nitrogen and oxygen atoms in total. The number of phenolic OH excluding ortho intramolecular Hbond substituents is 2. The molecule has 104 valence electrons. The molecule has 1 aliphatic heterocycles. The molecule has 0 spiro atoms. The molecule has 0 amide bonds. The van der Waals surface area contributed by atoms with Gasteiger partial charge in [-0.15, -0.1) is 0 Å². The molecule has 1 heterocycles. The largest absolute Gasteiger partial charge is 0.504 e. The number of fused-ring (bicyclic) bond motifs is 1. The first-order chi connectivity index (χ1) is 9.68. The van der Waals surface area contributed by atoms with Crippen LogP contribution in [0.5, 0.6) is 11.5 Å². The predicted molar refractivity (Wildman–Crippen MR) is 79.6 cm³/mol. The van der Waals surface area contributed by atoms with Crippen molar-refractivity contribution in [2.45, 2.75) is 12.3 Å². The van der Waals surface area contributed by atoms with E-state index in [0.29, 0.717) is 0 Å². The van der Waals surface area contributed by atoms with Gasteiger partial charge >= 0.3 is 0 Å². The molecule has 0 aliphatic carbocycles. The van der Waals surface area contributed by atoms with Gasteiger partial charge in [-0.2, -0.15) is 0 Å². The smallest absolute Gasteiger partial charge is 0.176 e. The summed E-state index contributed by atoms with van der Waals surface area (Å²) >= 11 is 6.20. The highest BCUT2D eigenvalue weighted by atomic mass is 35.5. The van der Waals surface area contributed by atoms with Gasteiger partial charge < -0.3 is 15.5 Å². The molecule has 0 unspecified atom stereocenters. The monoisotopic (exact) mass is 289 g/mol. The number of halogens is 1. The highest BCUT2D eigenvalue weighted by Gasteiger charge is 2.25. The number of hydrogen-bond donors (Lipinski definition) is 3. The molecule has 0 saturated heterocycles. The molecule has 3 rings (SSSR count). The van der Waals surface area contributed by atoms with E-state index in [4.69, 9.17) is 11.6 Å². The Morgan fingerprint density at radius 1 is 1.15 bits per heavy atom. The lowest BCUT2D eigenvalue weighted by atomic mass is 9.87. The van der Waals surface area contributed by atoms with Gasteiger partial charge in [-0.05, 0) is 35.7 Å². The summed E-state index contributed by atoms with van der Waals surface area (Å²) in [4.78, 5) is 0. The van der Waals surface area contributed by atoms with E-state index in [1.165, 1.54) is 5.56 Å². The van der Waals surface area contributed by atoms with Crippen molar-refractivity contribution in [2.24, 2.45) is 0 Å². The lowest BCUT2D eigenvalue weighted by Gasteiger charge is -2.20. The Hall–Kier alpha value is -1.71. The fourth-order valence-electron chi connectivity index (χ4n) is 2.80. The second-order valence-corrected chi connectivity index (χ2v) is 5.42. The van der Waals surface area contributed by atoms with Crippen molar-refractivity contribution in [1.29, 1.82) is 0 Å². The standard InChI is InChI=1S/C16H16ClNO2/c17-15-11-6-7-18-9-13(10-4-2-1-3-5-10)12(11)8-14(19)16(15)20/h1-5,8,13,18-20H,6-7,9H2/t13-/m1/s1. The SMILES string of the molecule is Oc1cc2c(c(Cl)c1O)CCNC[C@@H]2c1ccccc1. The van der Waals surface area contributed by atoms with Gasteiger partial charge in [0.2, 0.25) is 0 Å². The van der Waals surface area contributed by atoms with E-state index in [1.807, 2.05) is 18.2 Å². The summed E-state index contributed by atoms with van der Waals surface area (Å²) in [6.07, 6.45) is 0.741. The Kier molecular flexibility index (Phi) is 3.55. The van der Waals surface area contributed by atoms with Gasteiger partial charge in [-0.3, -0.25) is 0 Å². The number of benzene rings is 2. The van der Waals surface area contributed by atoms with Crippen molar-refractivity contribution < 1.29 is 10.2 Å². The van der Waals surface area contributed by atoms with Crippen LogP contribution in [0.2, 0.25) is 5.02 Å². The highest BCUT2D eigenvalue weighted by molar-refractivity contribution is 6.33. The minimum atomic E-state index is -0.223. The summed E-state index contributed by atoms with van der Waals surface area (Å²) in [6.45, 7) is 1.60. The van der Waals surface area contributed by atoms with Gasteiger partial charge in [0.15, 0.2) is 11.5 Å². The van der Waals surface area contributed by atoms with Crippen LogP contribution in [0.1, 0.15) is 22.6 Å². The second-order valence-electron chi connectivity index (χ2n) is 5.04. The third-order valence-corrected chi connectivity index (χ3v) is 4.24. The molecule has 2 aromatic rings. The number of hydrogen-bond acceptors (Lipinski definition) is 3. The van der Waals surface area contributed by atoms with E-state index in [0.717, 1.165) is 30.6 Å². The Morgan fingerprint density at radius 3 is 2.65 bits per heavy atom. The Labute approximate surface area is 122 Å². The summed E-state index contributed by atoms with van der Waals surface area (Å²) in [5.41, 5.74) is 3.08. The lowest BCUT2D eigenvalue weighted by molar-refractivity contribution is 0.402. The molecule has 0 fully saturated rings. The van der Waals surface area contributed by atoms with Crippen molar-refractivity contribution in [3.05, 3.63) is 58.1 Å². The molecule has 0 aromatic heterocycles. The molecular weight excluding hydrogens is 274 g/mol. The first-order valence-corrected chi connectivity index (χ1v) is 7.05. The van der Waals surface area contributed by atoms with Crippen molar-refractivity contribution in [3.63, 3.8) is 0 Å². The van der Waals surface area contributed by atoms with Gasteiger partial charge in [0, 0.05) is 12.5 Å². The maximum Gasteiger partial charge on any atom is 0.176 e. The van der Waals surface area contributed by atoms with Gasteiger partial charge in [-0.25, -0.2) is 0 Å². The first kappa shape index (κ1) is 13.3. The quantitative estimate of drug-likeness (QED) is 0.707. The Morgan fingerprint density at radius 2 is 1.90 bits per heavy atom. The van der Waals surface area contributed by atoms with E-state index in [-0.39, 0.29) is 22.4 Å². The minimum Gasteiger partial charge on any atom is -0.504 e. The second kappa shape index (κ2) is 5.35.